The maximum atomic E-state index is 13.0. The highest BCUT2D eigenvalue weighted by Crippen LogP contribution is 2.35. The third kappa shape index (κ3) is 5.66. The maximum absolute atomic E-state index is 13.0. The molecule has 2 aliphatic rings. The Labute approximate surface area is 228 Å². The number of hydrogen-bond donors (Lipinski definition) is 4. The Morgan fingerprint density at radius 2 is 1.90 bits per heavy atom. The number of nitrogens with one attached hydrogen (secondary N) is 4. The quantitative estimate of drug-likeness (QED) is 0.328. The van der Waals surface area contributed by atoms with Crippen molar-refractivity contribution < 1.29 is 19.1 Å². The van der Waals surface area contributed by atoms with Crippen LogP contribution in [0.5, 0.6) is 0 Å². The molecule has 1 unspecified atom stereocenters. The second-order valence-electron chi connectivity index (χ2n) is 10.2. The van der Waals surface area contributed by atoms with E-state index in [1.54, 1.807) is 24.3 Å². The number of hydrogen-bond acceptors (Lipinski definition) is 4. The van der Waals surface area contributed by atoms with Gasteiger partial charge in [0.1, 0.15) is 0 Å². The number of ether oxygens (including phenoxy) is 1. The molecule has 8 heteroatoms. The summed E-state index contributed by atoms with van der Waals surface area (Å²) in [6.07, 6.45) is 4.92. The Morgan fingerprint density at radius 3 is 2.64 bits per heavy atom. The van der Waals surface area contributed by atoms with Crippen LogP contribution in [0.4, 0.5) is 5.69 Å². The van der Waals surface area contributed by atoms with Crippen LogP contribution in [0.25, 0.3) is 11.6 Å². The van der Waals surface area contributed by atoms with Crippen molar-refractivity contribution in [3.05, 3.63) is 87.7 Å². The number of H-pyrrole nitrogens is 1. The average molecular weight is 527 g/mol. The highest BCUT2D eigenvalue weighted by Gasteiger charge is 2.27. The van der Waals surface area contributed by atoms with Crippen molar-refractivity contribution in [2.24, 2.45) is 0 Å². The zero-order valence-electron chi connectivity index (χ0n) is 22.5. The van der Waals surface area contributed by atoms with Crippen LogP contribution >= 0.6 is 0 Å². The number of amides is 3. The van der Waals surface area contributed by atoms with Crippen LogP contribution in [0.15, 0.2) is 48.5 Å². The molecule has 3 amide bonds. The lowest BCUT2D eigenvalue weighted by Crippen LogP contribution is -2.35. The minimum absolute atomic E-state index is 0.0459. The van der Waals surface area contributed by atoms with Gasteiger partial charge in [-0.2, -0.15) is 0 Å². The number of carbonyl (C=O) groups excluding carboxylic acids is 3. The van der Waals surface area contributed by atoms with E-state index in [4.69, 9.17) is 4.74 Å². The van der Waals surface area contributed by atoms with Gasteiger partial charge in [-0.15, -0.1) is 0 Å². The monoisotopic (exact) mass is 526 g/mol. The van der Waals surface area contributed by atoms with Crippen molar-refractivity contribution in [1.82, 2.24) is 15.6 Å². The molecule has 2 atom stereocenters. The van der Waals surface area contributed by atoms with E-state index in [0.29, 0.717) is 40.2 Å². The van der Waals surface area contributed by atoms with Gasteiger partial charge < -0.3 is 25.7 Å². The molecule has 2 aromatic carbocycles. The highest BCUT2D eigenvalue weighted by molar-refractivity contribution is 6.35. The molecule has 3 heterocycles. The van der Waals surface area contributed by atoms with Crippen LogP contribution in [0, 0.1) is 13.8 Å². The first kappa shape index (κ1) is 26.4. The Bertz CT molecular complexity index is 1430. The van der Waals surface area contributed by atoms with E-state index in [1.165, 1.54) is 0 Å². The van der Waals surface area contributed by atoms with Crippen molar-refractivity contribution in [2.45, 2.75) is 52.2 Å². The van der Waals surface area contributed by atoms with Crippen LogP contribution in [-0.2, 0) is 9.53 Å². The number of fused-ring (bicyclic) bond motifs is 1. The van der Waals surface area contributed by atoms with Gasteiger partial charge in [0.05, 0.1) is 23.3 Å². The van der Waals surface area contributed by atoms with E-state index >= 15 is 0 Å². The average Bonchev–Trinajstić information content (AvgIpc) is 3.41. The predicted octanol–water partition coefficient (Wildman–Crippen LogP) is 4.91. The smallest absolute Gasteiger partial charge is 0.256 e. The first-order valence-electron chi connectivity index (χ1n) is 13.4. The number of benzene rings is 2. The SMILES string of the molecule is Cc1[nH]c(/C=C2\C(=O)Nc3ccc(C(=O)N[C@H](C)c4ccccc4)cc32)c(C)c1C(=O)NCC1CCCCO1. The molecule has 39 heavy (non-hydrogen) atoms. The number of aromatic nitrogens is 1. The Hall–Kier alpha value is -4.17. The Kier molecular flexibility index (Phi) is 7.65. The van der Waals surface area contributed by atoms with Crippen LogP contribution in [-0.4, -0.2) is 42.0 Å². The Morgan fingerprint density at radius 1 is 1.10 bits per heavy atom. The second kappa shape index (κ2) is 11.3. The minimum atomic E-state index is -0.257. The summed E-state index contributed by atoms with van der Waals surface area (Å²) in [7, 11) is 0. The standard InChI is InChI=1S/C31H34N4O4/c1-18-27(33-20(3)28(18)31(38)32-17-23-11-7-8-14-39-23)16-25-24-15-22(12-13-26(24)35-30(25)37)29(36)34-19(2)21-9-5-4-6-10-21/h4-6,9-10,12-13,15-16,19,23,33H,7-8,11,14,17H2,1-3H3,(H,32,38)(H,34,36)(H,35,37)/b25-16-/t19-,23?/m1/s1. The normalized spacial score (nSPS) is 18.4. The zero-order chi connectivity index (χ0) is 27.5. The van der Waals surface area contributed by atoms with E-state index in [2.05, 4.69) is 20.9 Å². The summed E-state index contributed by atoms with van der Waals surface area (Å²) in [5.74, 6) is -0.643. The molecule has 1 saturated heterocycles. The summed E-state index contributed by atoms with van der Waals surface area (Å²) in [6, 6.07) is 14.8. The topological polar surface area (TPSA) is 112 Å². The zero-order valence-corrected chi connectivity index (χ0v) is 22.5. The van der Waals surface area contributed by atoms with Crippen molar-refractivity contribution in [3.63, 3.8) is 0 Å². The Balaban J connectivity index is 1.36. The van der Waals surface area contributed by atoms with Gasteiger partial charge >= 0.3 is 0 Å². The van der Waals surface area contributed by atoms with Crippen LogP contribution < -0.4 is 16.0 Å². The summed E-state index contributed by atoms with van der Waals surface area (Å²) in [6.45, 7) is 6.86. The van der Waals surface area contributed by atoms with E-state index in [9.17, 15) is 14.4 Å². The minimum Gasteiger partial charge on any atom is -0.376 e. The van der Waals surface area contributed by atoms with Crippen molar-refractivity contribution in [3.8, 4) is 0 Å². The molecule has 5 rings (SSSR count). The molecule has 4 N–H and O–H groups in total. The van der Waals surface area contributed by atoms with Crippen molar-refractivity contribution in [1.29, 1.82) is 0 Å². The maximum Gasteiger partial charge on any atom is 0.256 e. The predicted molar refractivity (Wildman–Crippen MR) is 151 cm³/mol. The number of rotatable bonds is 7. The molecule has 0 bridgehead atoms. The first-order valence-corrected chi connectivity index (χ1v) is 13.4. The van der Waals surface area contributed by atoms with E-state index in [0.717, 1.165) is 42.7 Å². The molecule has 2 aliphatic heterocycles. The molecule has 0 aliphatic carbocycles. The van der Waals surface area contributed by atoms with Crippen molar-refractivity contribution >= 4 is 35.1 Å². The lowest BCUT2D eigenvalue weighted by molar-refractivity contribution is -0.110. The molecule has 1 fully saturated rings. The molecular formula is C31H34N4O4. The van der Waals surface area contributed by atoms with E-state index < -0.39 is 0 Å². The third-order valence-electron chi connectivity index (χ3n) is 7.47. The van der Waals surface area contributed by atoms with Crippen molar-refractivity contribution in [2.75, 3.05) is 18.5 Å². The largest absolute Gasteiger partial charge is 0.376 e. The van der Waals surface area contributed by atoms with Crippen LogP contribution in [0.1, 0.15) is 81.0 Å². The van der Waals surface area contributed by atoms with Gasteiger partial charge in [0.25, 0.3) is 17.7 Å². The molecule has 3 aromatic rings. The van der Waals surface area contributed by atoms with Gasteiger partial charge in [-0.3, -0.25) is 14.4 Å². The van der Waals surface area contributed by atoms with Gasteiger partial charge in [-0.1, -0.05) is 30.3 Å². The molecule has 1 aromatic heterocycles. The number of carbonyl (C=O) groups is 3. The summed E-state index contributed by atoms with van der Waals surface area (Å²) in [5.41, 5.74) is 5.92. The van der Waals surface area contributed by atoms with Gasteiger partial charge in [0.2, 0.25) is 0 Å². The molecule has 202 valence electrons. The summed E-state index contributed by atoms with van der Waals surface area (Å²) < 4.78 is 5.73. The lowest BCUT2D eigenvalue weighted by atomic mass is 10.0. The summed E-state index contributed by atoms with van der Waals surface area (Å²) in [5, 5.41) is 8.90. The highest BCUT2D eigenvalue weighted by atomic mass is 16.5. The summed E-state index contributed by atoms with van der Waals surface area (Å²) >= 11 is 0. The van der Waals surface area contributed by atoms with Crippen LogP contribution in [0.2, 0.25) is 0 Å². The van der Waals surface area contributed by atoms with Crippen LogP contribution in [0.3, 0.4) is 0 Å². The number of aryl methyl sites for hydroxylation is 1. The van der Waals surface area contributed by atoms with Gasteiger partial charge in [0, 0.05) is 41.4 Å². The van der Waals surface area contributed by atoms with Gasteiger partial charge in [0.15, 0.2) is 0 Å². The van der Waals surface area contributed by atoms with E-state index in [-0.39, 0.29) is 29.9 Å². The molecular weight excluding hydrogens is 492 g/mol. The fourth-order valence-electron chi connectivity index (χ4n) is 5.24. The number of aromatic amines is 1. The fourth-order valence-corrected chi connectivity index (χ4v) is 5.24. The molecule has 0 saturated carbocycles. The fraction of sp³-hybridized carbons (Fsp3) is 0.323. The van der Waals surface area contributed by atoms with E-state index in [1.807, 2.05) is 51.1 Å². The first-order chi connectivity index (χ1) is 18.8. The molecule has 8 nitrogen and oxygen atoms in total. The van der Waals surface area contributed by atoms with Gasteiger partial charge in [-0.25, -0.2) is 0 Å². The molecule has 0 spiro atoms. The third-order valence-corrected chi connectivity index (χ3v) is 7.47. The van der Waals surface area contributed by atoms with Gasteiger partial charge in [-0.05, 0) is 75.4 Å². The number of anilines is 1. The lowest BCUT2D eigenvalue weighted by Gasteiger charge is -2.22. The molecule has 0 radical (unpaired) electrons. The summed E-state index contributed by atoms with van der Waals surface area (Å²) in [4.78, 5) is 42.2. The second-order valence-corrected chi connectivity index (χ2v) is 10.2.